The highest BCUT2D eigenvalue weighted by Crippen LogP contribution is 2.33. The Morgan fingerprint density at radius 3 is 2.97 bits per heavy atom. The summed E-state index contributed by atoms with van der Waals surface area (Å²) < 4.78 is 12.6. The summed E-state index contributed by atoms with van der Waals surface area (Å²) in [6.07, 6.45) is 4.76. The maximum absolute atomic E-state index is 13.5. The number of aromatic nitrogens is 3. The summed E-state index contributed by atoms with van der Waals surface area (Å²) in [5.74, 6) is 0.866. The summed E-state index contributed by atoms with van der Waals surface area (Å²) in [6.45, 7) is 2.67. The van der Waals surface area contributed by atoms with E-state index in [9.17, 15) is 9.59 Å². The summed E-state index contributed by atoms with van der Waals surface area (Å²) in [5.41, 5.74) is 0.978. The van der Waals surface area contributed by atoms with E-state index in [1.807, 2.05) is 12.1 Å². The number of carbonyl (C=O) groups excluding carboxylic acids is 1. The van der Waals surface area contributed by atoms with Gasteiger partial charge in [-0.05, 0) is 44.0 Å². The highest BCUT2D eigenvalue weighted by Gasteiger charge is 2.29. The molecule has 0 N–H and O–H groups in total. The summed E-state index contributed by atoms with van der Waals surface area (Å²) in [7, 11) is 0. The highest BCUT2D eigenvalue weighted by atomic mass is 35.5. The highest BCUT2D eigenvalue weighted by molar-refractivity contribution is 6.37. The van der Waals surface area contributed by atoms with Crippen molar-refractivity contribution < 1.29 is 14.1 Å². The minimum Gasteiger partial charge on any atom is -0.482 e. The third kappa shape index (κ3) is 3.50. The van der Waals surface area contributed by atoms with E-state index < -0.39 is 0 Å². The zero-order chi connectivity index (χ0) is 22.2. The fourth-order valence-corrected chi connectivity index (χ4v) is 4.65. The molecule has 1 amide bonds. The molecule has 1 fully saturated rings. The number of nitrogens with zero attached hydrogens (tertiary/aromatic N) is 4. The van der Waals surface area contributed by atoms with Crippen LogP contribution >= 0.6 is 11.6 Å². The number of hydrogen-bond acceptors (Lipinski definition) is 6. The van der Waals surface area contributed by atoms with E-state index in [0.717, 1.165) is 12.8 Å². The first-order valence-electron chi connectivity index (χ1n) is 10.4. The van der Waals surface area contributed by atoms with Gasteiger partial charge < -0.3 is 18.7 Å². The van der Waals surface area contributed by atoms with Gasteiger partial charge in [0.2, 0.25) is 0 Å². The molecule has 4 aromatic rings. The third-order valence-electron chi connectivity index (χ3n) is 5.89. The molecular weight excluding hydrogens is 432 g/mol. The molecule has 1 saturated heterocycles. The van der Waals surface area contributed by atoms with Crippen LogP contribution in [-0.2, 0) is 4.79 Å². The molecule has 8 nitrogen and oxygen atoms in total. The molecule has 0 aliphatic carbocycles. The van der Waals surface area contributed by atoms with Gasteiger partial charge in [0.1, 0.15) is 22.4 Å². The van der Waals surface area contributed by atoms with E-state index in [1.54, 1.807) is 47.0 Å². The van der Waals surface area contributed by atoms with Crippen LogP contribution in [0.25, 0.3) is 21.8 Å². The Bertz CT molecular complexity index is 1370. The molecule has 1 atom stereocenters. The summed E-state index contributed by atoms with van der Waals surface area (Å²) in [4.78, 5) is 32.1. The number of rotatable bonds is 4. The van der Waals surface area contributed by atoms with Crippen molar-refractivity contribution in [3.05, 3.63) is 63.9 Å². The Hall–Kier alpha value is -3.39. The molecule has 0 spiro atoms. The van der Waals surface area contributed by atoms with E-state index in [2.05, 4.69) is 10.1 Å². The molecule has 1 unspecified atom stereocenters. The van der Waals surface area contributed by atoms with Crippen LogP contribution in [0.2, 0.25) is 5.02 Å². The molecular formula is C23H21ClN4O4. The minimum absolute atomic E-state index is 0.0797. The number of fused-ring (bicyclic) bond motifs is 3. The van der Waals surface area contributed by atoms with Gasteiger partial charge in [0, 0.05) is 24.7 Å². The molecule has 1 aromatic carbocycles. The second-order valence-electron chi connectivity index (χ2n) is 7.88. The van der Waals surface area contributed by atoms with Crippen LogP contribution in [0.4, 0.5) is 0 Å². The SMILES string of the molecule is Cc1onc2c1c(=O)n(C1CCCN(C(=O)COc3cccnc3)C1)c1cccc(Cl)c21. The summed E-state index contributed by atoms with van der Waals surface area (Å²) in [6, 6.07) is 8.76. The zero-order valence-electron chi connectivity index (χ0n) is 17.5. The van der Waals surface area contributed by atoms with Gasteiger partial charge in [0.25, 0.3) is 11.5 Å². The molecule has 5 rings (SSSR count). The quantitative estimate of drug-likeness (QED) is 0.468. The Balaban J connectivity index is 1.49. The Labute approximate surface area is 188 Å². The number of amides is 1. The first-order chi connectivity index (χ1) is 15.5. The lowest BCUT2D eigenvalue weighted by Gasteiger charge is -2.34. The number of likely N-dealkylation sites (tertiary alicyclic amines) is 1. The van der Waals surface area contributed by atoms with Crippen molar-refractivity contribution in [1.29, 1.82) is 0 Å². The number of carbonyl (C=O) groups is 1. The smallest absolute Gasteiger partial charge is 0.264 e. The van der Waals surface area contributed by atoms with Crippen molar-refractivity contribution >= 4 is 39.3 Å². The monoisotopic (exact) mass is 452 g/mol. The van der Waals surface area contributed by atoms with Crippen molar-refractivity contribution in [2.45, 2.75) is 25.8 Å². The molecule has 0 bridgehead atoms. The second-order valence-corrected chi connectivity index (χ2v) is 8.29. The fourth-order valence-electron chi connectivity index (χ4n) is 4.40. The molecule has 1 aliphatic rings. The third-order valence-corrected chi connectivity index (χ3v) is 6.21. The average Bonchev–Trinajstić information content (AvgIpc) is 3.20. The largest absolute Gasteiger partial charge is 0.482 e. The van der Waals surface area contributed by atoms with Crippen molar-refractivity contribution in [2.24, 2.45) is 0 Å². The first-order valence-corrected chi connectivity index (χ1v) is 10.8. The van der Waals surface area contributed by atoms with Crippen LogP contribution in [0.5, 0.6) is 5.75 Å². The van der Waals surface area contributed by atoms with E-state index in [0.29, 0.717) is 51.4 Å². The molecule has 1 aliphatic heterocycles. The number of ether oxygens (including phenoxy) is 1. The topological polar surface area (TPSA) is 90.5 Å². The zero-order valence-corrected chi connectivity index (χ0v) is 18.2. The maximum atomic E-state index is 13.5. The Kier molecular flexibility index (Phi) is 5.30. The number of aryl methyl sites for hydroxylation is 1. The Morgan fingerprint density at radius 1 is 1.28 bits per heavy atom. The first kappa shape index (κ1) is 20.5. The molecule has 9 heteroatoms. The number of pyridine rings is 2. The van der Waals surface area contributed by atoms with Gasteiger partial charge in [-0.3, -0.25) is 14.6 Å². The molecule has 3 aromatic heterocycles. The lowest BCUT2D eigenvalue weighted by atomic mass is 10.0. The van der Waals surface area contributed by atoms with Gasteiger partial charge >= 0.3 is 0 Å². The molecule has 0 saturated carbocycles. The van der Waals surface area contributed by atoms with E-state index in [4.69, 9.17) is 20.9 Å². The predicted molar refractivity (Wildman–Crippen MR) is 120 cm³/mol. The van der Waals surface area contributed by atoms with Crippen molar-refractivity contribution in [1.82, 2.24) is 19.6 Å². The lowest BCUT2D eigenvalue weighted by Crippen LogP contribution is -2.44. The summed E-state index contributed by atoms with van der Waals surface area (Å²) in [5, 5.41) is 5.70. The number of piperidine rings is 1. The Morgan fingerprint density at radius 2 is 2.16 bits per heavy atom. The van der Waals surface area contributed by atoms with E-state index >= 15 is 0 Å². The van der Waals surface area contributed by atoms with Gasteiger partial charge in [0.05, 0.1) is 22.8 Å². The van der Waals surface area contributed by atoms with Gasteiger partial charge in [-0.15, -0.1) is 0 Å². The number of halogens is 1. The number of benzene rings is 1. The predicted octanol–water partition coefficient (Wildman–Crippen LogP) is 3.74. The number of hydrogen-bond donors (Lipinski definition) is 0. The van der Waals surface area contributed by atoms with Gasteiger partial charge in [-0.1, -0.05) is 22.8 Å². The second kappa shape index (κ2) is 8.27. The van der Waals surface area contributed by atoms with Crippen LogP contribution in [0.3, 0.4) is 0 Å². The lowest BCUT2D eigenvalue weighted by molar-refractivity contribution is -0.135. The molecule has 32 heavy (non-hydrogen) atoms. The van der Waals surface area contributed by atoms with Crippen LogP contribution in [0.15, 0.2) is 52.0 Å². The maximum Gasteiger partial charge on any atom is 0.264 e. The normalized spacial score (nSPS) is 16.6. The molecule has 4 heterocycles. The van der Waals surface area contributed by atoms with Crippen LogP contribution in [0, 0.1) is 6.92 Å². The van der Waals surface area contributed by atoms with Crippen LogP contribution in [-0.4, -0.2) is 45.2 Å². The minimum atomic E-state index is -0.196. The van der Waals surface area contributed by atoms with Gasteiger partial charge in [0.15, 0.2) is 6.61 Å². The van der Waals surface area contributed by atoms with E-state index in [1.165, 1.54) is 0 Å². The summed E-state index contributed by atoms with van der Waals surface area (Å²) >= 11 is 6.50. The van der Waals surface area contributed by atoms with Crippen LogP contribution in [0.1, 0.15) is 24.6 Å². The van der Waals surface area contributed by atoms with Crippen molar-refractivity contribution in [3.63, 3.8) is 0 Å². The van der Waals surface area contributed by atoms with Gasteiger partial charge in [-0.2, -0.15) is 0 Å². The molecule has 164 valence electrons. The van der Waals surface area contributed by atoms with Gasteiger partial charge in [-0.25, -0.2) is 0 Å². The van der Waals surface area contributed by atoms with E-state index in [-0.39, 0.29) is 24.1 Å². The van der Waals surface area contributed by atoms with Crippen molar-refractivity contribution in [2.75, 3.05) is 19.7 Å². The average molecular weight is 453 g/mol. The van der Waals surface area contributed by atoms with Crippen LogP contribution < -0.4 is 10.3 Å². The van der Waals surface area contributed by atoms with Crippen molar-refractivity contribution in [3.8, 4) is 5.75 Å². The fraction of sp³-hybridized carbons (Fsp3) is 0.304. The standard InChI is InChI=1S/C23H21ClN4O4/c1-14-20-22(26-32-14)21-17(24)7-2-8-18(21)28(23(20)30)15-5-4-10-27(12-15)19(29)13-31-16-6-3-9-25-11-16/h2-3,6-9,11,15H,4-5,10,12-13H2,1H3. The molecule has 0 radical (unpaired) electrons.